The summed E-state index contributed by atoms with van der Waals surface area (Å²) in [6.07, 6.45) is 0. The number of carbonyl (C=O) groups excluding carboxylic acids is 3. The lowest BCUT2D eigenvalue weighted by molar-refractivity contribution is 0.0879. The molecule has 8 nitrogen and oxygen atoms in total. The van der Waals surface area contributed by atoms with Crippen LogP contribution in [0.4, 0.5) is 11.5 Å². The van der Waals surface area contributed by atoms with Crippen molar-refractivity contribution in [1.82, 2.24) is 9.88 Å². The number of pyridine rings is 1. The molecule has 0 radical (unpaired) electrons. The van der Waals surface area contributed by atoms with Crippen LogP contribution in [-0.4, -0.2) is 22.3 Å². The number of fused-ring (bicyclic) bond motifs is 1. The van der Waals surface area contributed by atoms with E-state index in [0.717, 1.165) is 10.6 Å². The number of nitrogens with two attached hydrogens (primary N) is 1. The summed E-state index contributed by atoms with van der Waals surface area (Å²) in [5.41, 5.74) is 6.38. The third-order valence-electron chi connectivity index (χ3n) is 4.51. The minimum atomic E-state index is -0.662. The van der Waals surface area contributed by atoms with Crippen LogP contribution in [0.25, 0.3) is 5.69 Å². The number of nitrogen functional groups attached to an aromatic ring is 1. The Morgan fingerprint density at radius 1 is 0.967 bits per heavy atom. The number of nitrogens with zero attached hydrogens (tertiary/aromatic N) is 1. The number of imide groups is 1. The minimum Gasteiger partial charge on any atom is -0.384 e. The predicted octanol–water partition coefficient (Wildman–Crippen LogP) is 2.86. The van der Waals surface area contributed by atoms with E-state index in [-0.39, 0.29) is 27.5 Å². The molecule has 2 heterocycles. The molecule has 2 aromatic carbocycles. The Balaban J connectivity index is 1.64. The van der Waals surface area contributed by atoms with Gasteiger partial charge < -0.3 is 11.1 Å². The zero-order chi connectivity index (χ0) is 21.6. The van der Waals surface area contributed by atoms with Gasteiger partial charge in [-0.15, -0.1) is 0 Å². The molecule has 150 valence electrons. The number of nitrogens with one attached hydrogen (secondary N) is 2. The second-order valence-electron chi connectivity index (χ2n) is 6.40. The van der Waals surface area contributed by atoms with Gasteiger partial charge in [-0.1, -0.05) is 23.2 Å². The lowest BCUT2D eigenvalue weighted by Gasteiger charge is -2.13. The number of carbonyl (C=O) groups is 3. The van der Waals surface area contributed by atoms with E-state index >= 15 is 0 Å². The second kappa shape index (κ2) is 7.33. The van der Waals surface area contributed by atoms with E-state index in [2.05, 4.69) is 10.6 Å². The molecule has 1 aliphatic rings. The Morgan fingerprint density at radius 3 is 2.33 bits per heavy atom. The molecule has 0 unspecified atom stereocenters. The summed E-state index contributed by atoms with van der Waals surface area (Å²) in [5, 5.41) is 5.41. The molecule has 0 aliphatic carbocycles. The molecule has 3 aromatic rings. The molecular formula is C20H12Cl2N4O4. The highest BCUT2D eigenvalue weighted by molar-refractivity contribution is 6.37. The second-order valence-corrected chi connectivity index (χ2v) is 7.24. The smallest absolute Gasteiger partial charge is 0.262 e. The molecule has 0 spiro atoms. The van der Waals surface area contributed by atoms with Crippen LogP contribution in [-0.2, 0) is 0 Å². The Labute approximate surface area is 179 Å². The summed E-state index contributed by atoms with van der Waals surface area (Å²) in [6, 6.07) is 11.8. The van der Waals surface area contributed by atoms with Crippen molar-refractivity contribution in [3.05, 3.63) is 85.6 Å². The van der Waals surface area contributed by atoms with Crippen molar-refractivity contribution >= 4 is 52.4 Å². The SMILES string of the molecule is Nc1c2c(cc(=O)n1-c1ccc(NC(=O)c3ccc(Cl)cc3Cl)cc1)C(=O)NC2=O. The van der Waals surface area contributed by atoms with E-state index < -0.39 is 23.3 Å². The van der Waals surface area contributed by atoms with Gasteiger partial charge in [-0.3, -0.25) is 29.1 Å². The number of anilines is 2. The predicted molar refractivity (Wildman–Crippen MR) is 113 cm³/mol. The van der Waals surface area contributed by atoms with E-state index in [1.54, 1.807) is 18.2 Å². The van der Waals surface area contributed by atoms with E-state index in [1.165, 1.54) is 24.3 Å². The van der Waals surface area contributed by atoms with Gasteiger partial charge in [0.25, 0.3) is 23.3 Å². The van der Waals surface area contributed by atoms with Crippen molar-refractivity contribution < 1.29 is 14.4 Å². The highest BCUT2D eigenvalue weighted by Gasteiger charge is 2.31. The Morgan fingerprint density at radius 2 is 1.67 bits per heavy atom. The molecule has 0 saturated heterocycles. The largest absolute Gasteiger partial charge is 0.384 e. The number of hydrogen-bond donors (Lipinski definition) is 3. The lowest BCUT2D eigenvalue weighted by atomic mass is 10.1. The fraction of sp³-hybridized carbons (Fsp3) is 0. The van der Waals surface area contributed by atoms with Crippen molar-refractivity contribution in [3.8, 4) is 5.69 Å². The molecule has 0 atom stereocenters. The standard InChI is InChI=1S/C20H12Cl2N4O4/c21-9-1-6-12(14(22)7-9)18(28)24-10-2-4-11(5-3-10)26-15(27)8-13-16(17(26)23)20(30)25-19(13)29/h1-8H,23H2,(H,24,28)(H,25,29,30). The van der Waals surface area contributed by atoms with Crippen LogP contribution in [0.3, 0.4) is 0 Å². The molecule has 30 heavy (non-hydrogen) atoms. The Kier molecular flexibility index (Phi) is 4.81. The molecule has 3 amide bonds. The summed E-state index contributed by atoms with van der Waals surface area (Å²) < 4.78 is 1.11. The van der Waals surface area contributed by atoms with Crippen LogP contribution in [0.1, 0.15) is 31.1 Å². The number of hydrogen-bond acceptors (Lipinski definition) is 5. The maximum atomic E-state index is 12.5. The molecular weight excluding hydrogens is 431 g/mol. The van der Waals surface area contributed by atoms with Gasteiger partial charge in [0.2, 0.25) is 0 Å². The normalized spacial score (nSPS) is 12.5. The summed E-state index contributed by atoms with van der Waals surface area (Å²) in [4.78, 5) is 48.6. The van der Waals surface area contributed by atoms with Gasteiger partial charge in [0.05, 0.1) is 27.4 Å². The highest BCUT2D eigenvalue weighted by atomic mass is 35.5. The van der Waals surface area contributed by atoms with Gasteiger partial charge in [-0.05, 0) is 42.5 Å². The third kappa shape index (κ3) is 3.32. The van der Waals surface area contributed by atoms with Gasteiger partial charge in [0.15, 0.2) is 0 Å². The molecule has 0 bridgehead atoms. The number of halogens is 2. The zero-order valence-electron chi connectivity index (χ0n) is 15.0. The van der Waals surface area contributed by atoms with Crippen LogP contribution in [0, 0.1) is 0 Å². The van der Waals surface area contributed by atoms with E-state index in [9.17, 15) is 19.2 Å². The van der Waals surface area contributed by atoms with Crippen LogP contribution >= 0.6 is 23.2 Å². The molecule has 1 aliphatic heterocycles. The van der Waals surface area contributed by atoms with Crippen LogP contribution in [0.2, 0.25) is 10.0 Å². The highest BCUT2D eigenvalue weighted by Crippen LogP contribution is 2.25. The van der Waals surface area contributed by atoms with Gasteiger partial charge in [0, 0.05) is 16.8 Å². The van der Waals surface area contributed by atoms with Crippen LogP contribution in [0.15, 0.2) is 53.3 Å². The van der Waals surface area contributed by atoms with Crippen molar-refractivity contribution in [3.63, 3.8) is 0 Å². The van der Waals surface area contributed by atoms with Crippen molar-refractivity contribution in [2.45, 2.75) is 0 Å². The number of rotatable bonds is 3. The average molecular weight is 443 g/mol. The topological polar surface area (TPSA) is 123 Å². The fourth-order valence-corrected chi connectivity index (χ4v) is 3.61. The molecule has 4 rings (SSSR count). The van der Waals surface area contributed by atoms with Gasteiger partial charge in [0.1, 0.15) is 5.82 Å². The fourth-order valence-electron chi connectivity index (χ4n) is 3.11. The first kappa shape index (κ1) is 19.7. The first-order valence-electron chi connectivity index (χ1n) is 8.54. The maximum Gasteiger partial charge on any atom is 0.262 e. The van der Waals surface area contributed by atoms with Crippen LogP contribution in [0.5, 0.6) is 0 Å². The van der Waals surface area contributed by atoms with Crippen molar-refractivity contribution in [2.75, 3.05) is 11.1 Å². The first-order valence-corrected chi connectivity index (χ1v) is 9.30. The third-order valence-corrected chi connectivity index (χ3v) is 5.06. The number of amides is 3. The maximum absolute atomic E-state index is 12.5. The Hall–Kier alpha value is -3.62. The van der Waals surface area contributed by atoms with E-state index in [0.29, 0.717) is 16.4 Å². The summed E-state index contributed by atoms with van der Waals surface area (Å²) in [6.45, 7) is 0. The number of aromatic nitrogens is 1. The molecule has 10 heteroatoms. The Bertz CT molecular complexity index is 1300. The average Bonchev–Trinajstić information content (AvgIpc) is 2.96. The number of benzene rings is 2. The minimum absolute atomic E-state index is 0.0469. The van der Waals surface area contributed by atoms with E-state index in [4.69, 9.17) is 28.9 Å². The monoisotopic (exact) mass is 442 g/mol. The quantitative estimate of drug-likeness (QED) is 0.538. The summed E-state index contributed by atoms with van der Waals surface area (Å²) in [7, 11) is 0. The van der Waals surface area contributed by atoms with Crippen molar-refractivity contribution in [2.24, 2.45) is 0 Å². The molecule has 0 fully saturated rings. The molecule has 4 N–H and O–H groups in total. The van der Waals surface area contributed by atoms with Gasteiger partial charge in [-0.25, -0.2) is 0 Å². The zero-order valence-corrected chi connectivity index (χ0v) is 16.5. The van der Waals surface area contributed by atoms with Gasteiger partial charge >= 0.3 is 0 Å². The summed E-state index contributed by atoms with van der Waals surface area (Å²) in [5.74, 6) is -1.91. The lowest BCUT2D eigenvalue weighted by Crippen LogP contribution is -2.24. The van der Waals surface area contributed by atoms with Crippen LogP contribution < -0.4 is 21.9 Å². The van der Waals surface area contributed by atoms with Crippen molar-refractivity contribution in [1.29, 1.82) is 0 Å². The van der Waals surface area contributed by atoms with E-state index in [1.807, 2.05) is 0 Å². The molecule has 1 aromatic heterocycles. The molecule has 0 saturated carbocycles. The van der Waals surface area contributed by atoms with Gasteiger partial charge in [-0.2, -0.15) is 0 Å². The first-order chi connectivity index (χ1) is 14.3. The summed E-state index contributed by atoms with van der Waals surface area (Å²) >= 11 is 11.9.